The van der Waals surface area contributed by atoms with Gasteiger partial charge in [0.05, 0.1) is 6.61 Å². The summed E-state index contributed by atoms with van der Waals surface area (Å²) in [5.41, 5.74) is 0. The molecule has 0 saturated heterocycles. The van der Waals surface area contributed by atoms with Crippen molar-refractivity contribution in [2.75, 3.05) is 13.7 Å². The Kier molecular flexibility index (Phi) is 10.9. The Hall–Kier alpha value is -0.730. The number of rotatable bonds is 2. The molecule has 11 heavy (non-hydrogen) atoms. The van der Waals surface area contributed by atoms with Crippen LogP contribution in [0.4, 0.5) is 4.79 Å². The van der Waals surface area contributed by atoms with Gasteiger partial charge in [0.2, 0.25) is 0 Å². The molecular formula is C8H19NO2. The molecule has 1 N–H and O–H groups in total. The van der Waals surface area contributed by atoms with Crippen molar-refractivity contribution in [2.24, 2.45) is 5.92 Å². The maximum Gasteiger partial charge on any atom is 0.406 e. The number of alkyl carbamates (subject to hydrolysis) is 1. The van der Waals surface area contributed by atoms with E-state index < -0.39 is 0 Å². The van der Waals surface area contributed by atoms with Gasteiger partial charge in [0.15, 0.2) is 0 Å². The fourth-order valence-corrected chi connectivity index (χ4v) is 0.315. The van der Waals surface area contributed by atoms with Gasteiger partial charge in [0.25, 0.3) is 0 Å². The summed E-state index contributed by atoms with van der Waals surface area (Å²) in [5, 5.41) is 2.36. The predicted molar refractivity (Wildman–Crippen MR) is 46.6 cm³/mol. The number of nitrogens with one attached hydrogen (secondary N) is 1. The zero-order valence-electron chi connectivity index (χ0n) is 8.10. The highest BCUT2D eigenvalue weighted by Gasteiger charge is 1.98. The van der Waals surface area contributed by atoms with Crippen LogP contribution in [0.15, 0.2) is 0 Å². The highest BCUT2D eigenvalue weighted by molar-refractivity contribution is 5.66. The molecule has 0 aromatic carbocycles. The van der Waals surface area contributed by atoms with Gasteiger partial charge in [-0.3, -0.25) is 0 Å². The Balaban J connectivity index is 0. The molecule has 0 aromatic heterocycles. The molecule has 0 unspecified atom stereocenters. The van der Waals surface area contributed by atoms with Crippen molar-refractivity contribution in [2.45, 2.75) is 27.7 Å². The largest absolute Gasteiger partial charge is 0.449 e. The first-order valence-electron chi connectivity index (χ1n) is 4.01. The molecule has 0 saturated carbocycles. The summed E-state index contributed by atoms with van der Waals surface area (Å²) in [6, 6.07) is 0. The van der Waals surface area contributed by atoms with E-state index in [1.54, 1.807) is 7.05 Å². The van der Waals surface area contributed by atoms with Gasteiger partial charge in [-0.05, 0) is 5.92 Å². The molecule has 1 amide bonds. The Morgan fingerprint density at radius 1 is 1.45 bits per heavy atom. The third-order valence-electron chi connectivity index (χ3n) is 0.752. The van der Waals surface area contributed by atoms with Crippen LogP contribution in [-0.4, -0.2) is 19.7 Å². The molecule has 0 bridgehead atoms. The normalized spacial score (nSPS) is 8.18. The number of hydrogen-bond acceptors (Lipinski definition) is 2. The Bertz CT molecular complexity index is 92.1. The summed E-state index contributed by atoms with van der Waals surface area (Å²) in [6.45, 7) is 8.46. The van der Waals surface area contributed by atoms with Crippen LogP contribution in [0, 0.1) is 5.92 Å². The third-order valence-corrected chi connectivity index (χ3v) is 0.752. The van der Waals surface area contributed by atoms with Crippen LogP contribution in [0.25, 0.3) is 0 Å². The second-order valence-corrected chi connectivity index (χ2v) is 2.24. The minimum absolute atomic E-state index is 0.358. The zero-order valence-corrected chi connectivity index (χ0v) is 8.10. The molecule has 0 aliphatic carbocycles. The molecule has 0 fully saturated rings. The zero-order chi connectivity index (χ0) is 9.28. The van der Waals surface area contributed by atoms with E-state index in [0.717, 1.165) is 0 Å². The summed E-state index contributed by atoms with van der Waals surface area (Å²) >= 11 is 0. The molecule has 3 heteroatoms. The average molecular weight is 161 g/mol. The van der Waals surface area contributed by atoms with Gasteiger partial charge in [-0.25, -0.2) is 4.79 Å². The number of carbonyl (C=O) groups excluding carboxylic acids is 1. The molecule has 0 aromatic rings. The topological polar surface area (TPSA) is 38.3 Å². The average Bonchev–Trinajstić information content (AvgIpc) is 2.04. The second kappa shape index (κ2) is 9.27. The SMILES string of the molecule is CC.CNC(=O)OCC(C)C. The van der Waals surface area contributed by atoms with Crippen molar-refractivity contribution in [3.05, 3.63) is 0 Å². The van der Waals surface area contributed by atoms with Crippen LogP contribution < -0.4 is 5.32 Å². The number of carbonyl (C=O) groups is 1. The first-order valence-corrected chi connectivity index (χ1v) is 4.01. The van der Waals surface area contributed by atoms with Crippen molar-refractivity contribution >= 4 is 6.09 Å². The lowest BCUT2D eigenvalue weighted by Gasteiger charge is -2.04. The highest BCUT2D eigenvalue weighted by atomic mass is 16.5. The standard InChI is InChI=1S/C6H13NO2.C2H6/c1-5(2)4-9-6(8)7-3;1-2/h5H,4H2,1-3H3,(H,7,8);1-2H3. The monoisotopic (exact) mass is 161 g/mol. The first kappa shape index (κ1) is 12.9. The molecule has 0 heterocycles. The van der Waals surface area contributed by atoms with Gasteiger partial charge in [-0.2, -0.15) is 0 Å². The van der Waals surface area contributed by atoms with Crippen LogP contribution >= 0.6 is 0 Å². The summed E-state index contributed by atoms with van der Waals surface area (Å²) < 4.78 is 4.70. The van der Waals surface area contributed by atoms with Gasteiger partial charge in [-0.1, -0.05) is 27.7 Å². The molecule has 0 aliphatic heterocycles. The summed E-state index contributed by atoms with van der Waals surface area (Å²) in [4.78, 5) is 10.4. The molecule has 0 radical (unpaired) electrons. The maximum absolute atomic E-state index is 10.4. The van der Waals surface area contributed by atoms with Crippen molar-refractivity contribution in [3.8, 4) is 0 Å². The Labute approximate surface area is 69.1 Å². The number of hydrogen-bond donors (Lipinski definition) is 1. The fourth-order valence-electron chi connectivity index (χ4n) is 0.315. The highest BCUT2D eigenvalue weighted by Crippen LogP contribution is 1.91. The lowest BCUT2D eigenvalue weighted by molar-refractivity contribution is 0.135. The van der Waals surface area contributed by atoms with E-state index >= 15 is 0 Å². The minimum Gasteiger partial charge on any atom is -0.449 e. The third kappa shape index (κ3) is 12.5. The Morgan fingerprint density at radius 3 is 2.18 bits per heavy atom. The van der Waals surface area contributed by atoms with Gasteiger partial charge in [0.1, 0.15) is 0 Å². The molecule has 3 nitrogen and oxygen atoms in total. The first-order chi connectivity index (χ1) is 5.16. The van der Waals surface area contributed by atoms with Crippen LogP contribution in [-0.2, 0) is 4.74 Å². The van der Waals surface area contributed by atoms with E-state index in [9.17, 15) is 4.79 Å². The van der Waals surface area contributed by atoms with Gasteiger partial charge in [-0.15, -0.1) is 0 Å². The molecular weight excluding hydrogens is 142 g/mol. The summed E-state index contributed by atoms with van der Waals surface area (Å²) in [6.07, 6.45) is -0.358. The Morgan fingerprint density at radius 2 is 1.91 bits per heavy atom. The molecule has 68 valence electrons. The smallest absolute Gasteiger partial charge is 0.406 e. The predicted octanol–water partition coefficient (Wildman–Crippen LogP) is 2.02. The van der Waals surface area contributed by atoms with Crippen LogP contribution in [0.1, 0.15) is 27.7 Å². The quantitative estimate of drug-likeness (QED) is 0.673. The van der Waals surface area contributed by atoms with Crippen molar-refractivity contribution < 1.29 is 9.53 Å². The number of amides is 1. The van der Waals surface area contributed by atoms with E-state index in [0.29, 0.717) is 12.5 Å². The van der Waals surface area contributed by atoms with E-state index in [1.165, 1.54) is 0 Å². The van der Waals surface area contributed by atoms with Crippen molar-refractivity contribution in [1.29, 1.82) is 0 Å². The van der Waals surface area contributed by atoms with Crippen LogP contribution in [0.3, 0.4) is 0 Å². The summed E-state index contributed by atoms with van der Waals surface area (Å²) in [5.74, 6) is 0.405. The minimum atomic E-state index is -0.358. The lowest BCUT2D eigenvalue weighted by atomic mass is 10.2. The van der Waals surface area contributed by atoms with Gasteiger partial charge < -0.3 is 10.1 Å². The van der Waals surface area contributed by atoms with E-state index in [4.69, 9.17) is 4.74 Å². The second-order valence-electron chi connectivity index (χ2n) is 2.24. The number of ether oxygens (including phenoxy) is 1. The molecule has 0 aliphatic rings. The van der Waals surface area contributed by atoms with Crippen molar-refractivity contribution in [3.63, 3.8) is 0 Å². The van der Waals surface area contributed by atoms with Crippen LogP contribution in [0.5, 0.6) is 0 Å². The molecule has 0 atom stereocenters. The van der Waals surface area contributed by atoms with Gasteiger partial charge >= 0.3 is 6.09 Å². The van der Waals surface area contributed by atoms with E-state index in [-0.39, 0.29) is 6.09 Å². The van der Waals surface area contributed by atoms with Crippen molar-refractivity contribution in [1.82, 2.24) is 5.32 Å². The van der Waals surface area contributed by atoms with Gasteiger partial charge in [0, 0.05) is 7.05 Å². The fraction of sp³-hybridized carbons (Fsp3) is 0.875. The maximum atomic E-state index is 10.4. The lowest BCUT2D eigenvalue weighted by Crippen LogP contribution is -2.21. The van der Waals surface area contributed by atoms with Crippen LogP contribution in [0.2, 0.25) is 0 Å². The molecule has 0 spiro atoms. The van der Waals surface area contributed by atoms with E-state index in [2.05, 4.69) is 5.32 Å². The summed E-state index contributed by atoms with van der Waals surface area (Å²) in [7, 11) is 1.54. The molecule has 0 rings (SSSR count). The van der Waals surface area contributed by atoms with E-state index in [1.807, 2.05) is 27.7 Å².